The number of alkyl halides is 4. The molecule has 1 fully saturated rings. The van der Waals surface area contributed by atoms with Gasteiger partial charge in [0.05, 0.1) is 45.3 Å². The highest BCUT2D eigenvalue weighted by Gasteiger charge is 2.67. The molecule has 6 aromatic rings. The van der Waals surface area contributed by atoms with Gasteiger partial charge in [-0.2, -0.15) is 13.9 Å². The lowest BCUT2D eigenvalue weighted by atomic mass is 10.0. The number of fused-ring (bicyclic) bond motifs is 4. The Hall–Kier alpha value is -6.42. The topological polar surface area (TPSA) is 177 Å². The number of hydrogen-bond acceptors (Lipinski definition) is 9. The molecule has 4 N–H and O–H groups in total. The van der Waals surface area contributed by atoms with Gasteiger partial charge in [0.2, 0.25) is 15.9 Å². The lowest BCUT2D eigenvalue weighted by molar-refractivity contribution is -0.123. The van der Waals surface area contributed by atoms with Gasteiger partial charge in [0.1, 0.15) is 52.9 Å². The van der Waals surface area contributed by atoms with Crippen LogP contribution in [0.15, 0.2) is 65.5 Å². The molecule has 1 saturated carbocycles. The van der Waals surface area contributed by atoms with Gasteiger partial charge in [-0.15, -0.1) is 0 Å². The third-order valence-corrected chi connectivity index (χ3v) is 11.5. The molecule has 13 nitrogen and oxygen atoms in total. The summed E-state index contributed by atoms with van der Waals surface area (Å²) in [5.41, 5.74) is -4.93. The molecule has 3 aromatic heterocycles. The van der Waals surface area contributed by atoms with E-state index in [2.05, 4.69) is 25.7 Å². The molecule has 2 aliphatic carbocycles. The van der Waals surface area contributed by atoms with Crippen LogP contribution in [0.3, 0.4) is 0 Å². The smallest absolute Gasteiger partial charge is 0.293 e. The van der Waals surface area contributed by atoms with E-state index in [1.807, 2.05) is 4.72 Å². The van der Waals surface area contributed by atoms with Crippen molar-refractivity contribution in [3.63, 3.8) is 0 Å². The summed E-state index contributed by atoms with van der Waals surface area (Å²) in [5.74, 6) is -12.1. The number of sulfonamides is 1. The molecule has 3 atom stereocenters. The summed E-state index contributed by atoms with van der Waals surface area (Å²) in [5, 5.41) is 17.1. The minimum Gasteiger partial charge on any atom is -0.386 e. The minimum absolute atomic E-state index is 0.0541. The molecule has 0 aliphatic heterocycles. The number of rotatable bonds is 12. The fraction of sp³-hybridized carbons (Fsp3) is 0.250. The zero-order chi connectivity index (χ0) is 45.4. The fourth-order valence-electron chi connectivity index (χ4n) is 8.01. The molecule has 63 heavy (non-hydrogen) atoms. The first-order chi connectivity index (χ1) is 29.7. The Balaban J connectivity index is 1.35. The Morgan fingerprint density at radius 1 is 1.00 bits per heavy atom. The maximum atomic E-state index is 15.5. The molecular weight excluding hydrogens is 890 g/mol. The Labute approximate surface area is 355 Å². The van der Waals surface area contributed by atoms with Crippen LogP contribution in [0.2, 0.25) is 5.02 Å². The first-order valence-corrected chi connectivity index (χ1v) is 20.9. The number of aromatic nitrogens is 5. The van der Waals surface area contributed by atoms with Gasteiger partial charge in [-0.1, -0.05) is 11.6 Å². The van der Waals surface area contributed by atoms with Gasteiger partial charge in [-0.05, 0) is 72.5 Å². The van der Waals surface area contributed by atoms with E-state index in [-0.39, 0.29) is 56.2 Å². The highest BCUT2D eigenvalue weighted by atomic mass is 35.5. The average molecular weight is 920 g/mol. The van der Waals surface area contributed by atoms with Gasteiger partial charge in [-0.25, -0.2) is 44.7 Å². The van der Waals surface area contributed by atoms with Crippen LogP contribution in [0.5, 0.6) is 0 Å². The lowest BCUT2D eigenvalue weighted by Crippen LogP contribution is -2.38. The van der Waals surface area contributed by atoms with E-state index in [0.29, 0.717) is 10.7 Å². The van der Waals surface area contributed by atoms with Crippen molar-refractivity contribution in [3.05, 3.63) is 133 Å². The average Bonchev–Trinajstić information content (AvgIpc) is 3.85. The summed E-state index contributed by atoms with van der Waals surface area (Å²) in [6.07, 6.45) is -3.16. The SMILES string of the molecule is CNc1c(-n2c([C@H](Cc3cc(F)cc(F)c3)NC(=O)Cn3nc(C(F)F)c4c3C(F)(F)[C@@H]3C[C@H]43)nc3nc(-c4cc(F)ccc4F)ccc3c2=O)ccc(Cl)c1C(=N)NS(C)(=O)=O. The number of pyridine rings is 1. The van der Waals surface area contributed by atoms with E-state index >= 15 is 13.2 Å². The monoisotopic (exact) mass is 919 g/mol. The quantitative estimate of drug-likeness (QED) is 0.0576. The first-order valence-electron chi connectivity index (χ1n) is 18.6. The summed E-state index contributed by atoms with van der Waals surface area (Å²) in [6, 6.07) is 7.95. The number of halogens is 9. The van der Waals surface area contributed by atoms with Crippen molar-refractivity contribution in [1.82, 2.24) is 34.4 Å². The molecule has 1 amide bonds. The molecule has 0 spiro atoms. The number of nitrogens with zero attached hydrogens (tertiary/aromatic N) is 5. The van der Waals surface area contributed by atoms with Gasteiger partial charge in [0.15, 0.2) is 5.65 Å². The Bertz CT molecular complexity index is 3070. The van der Waals surface area contributed by atoms with Gasteiger partial charge in [0, 0.05) is 36.6 Å². The number of hydrogen-bond donors (Lipinski definition) is 4. The third-order valence-electron chi connectivity index (χ3n) is 10.6. The Kier molecular flexibility index (Phi) is 10.8. The molecule has 0 radical (unpaired) electrons. The summed E-state index contributed by atoms with van der Waals surface area (Å²) in [4.78, 5) is 37.8. The number of anilines is 1. The standard InChI is InChI=1S/C40H30ClF8N9O4S/c1-51-32-28(8-5-24(41)31(32)36(50)56-63(2,61)62)58-38(54-37-20(39(58)60)4-7-26(53-37)22-13-17(42)3-6-25(22)45)27(11-16-9-18(43)12-19(44)10-16)52-29(59)15-57-34-30(33(55-57)35(46)47)21-14-23(21)40(34,48)49/h3-10,12-13,21,23,27,35,51H,11,14-15H2,1-2H3,(H2,50,56)(H,52,59)/t21-,23+,27-/m0/s1. The van der Waals surface area contributed by atoms with Crippen molar-refractivity contribution in [3.8, 4) is 16.9 Å². The van der Waals surface area contributed by atoms with Crippen molar-refractivity contribution in [2.75, 3.05) is 18.6 Å². The maximum Gasteiger partial charge on any atom is 0.293 e. The molecule has 0 unspecified atom stereocenters. The normalized spacial score (nSPS) is 16.8. The van der Waals surface area contributed by atoms with E-state index in [9.17, 15) is 40.0 Å². The lowest BCUT2D eigenvalue weighted by Gasteiger charge is -2.25. The van der Waals surface area contributed by atoms with E-state index in [1.165, 1.54) is 31.3 Å². The van der Waals surface area contributed by atoms with Crippen LogP contribution in [0.25, 0.3) is 28.0 Å². The second kappa shape index (κ2) is 15.7. The van der Waals surface area contributed by atoms with Crippen molar-refractivity contribution >= 4 is 50.1 Å². The third kappa shape index (κ3) is 7.96. The molecule has 8 rings (SSSR count). The zero-order valence-corrected chi connectivity index (χ0v) is 34.0. The second-order valence-corrected chi connectivity index (χ2v) is 17.1. The van der Waals surface area contributed by atoms with Crippen molar-refractivity contribution in [1.29, 1.82) is 5.41 Å². The highest BCUT2D eigenvalue weighted by molar-refractivity contribution is 7.89. The molecule has 0 saturated heterocycles. The van der Waals surface area contributed by atoms with Crippen LogP contribution in [-0.4, -0.2) is 57.8 Å². The fourth-order valence-corrected chi connectivity index (χ4v) is 8.73. The van der Waals surface area contributed by atoms with Gasteiger partial charge in [-0.3, -0.25) is 29.0 Å². The van der Waals surface area contributed by atoms with Gasteiger partial charge < -0.3 is 10.6 Å². The number of benzene rings is 3. The van der Waals surface area contributed by atoms with E-state index in [4.69, 9.17) is 17.0 Å². The molecule has 3 aromatic carbocycles. The molecule has 328 valence electrons. The number of carbonyl (C=O) groups excluding carboxylic acids is 1. The van der Waals surface area contributed by atoms with Crippen LogP contribution >= 0.6 is 11.6 Å². The van der Waals surface area contributed by atoms with Gasteiger partial charge in [0.25, 0.3) is 17.9 Å². The van der Waals surface area contributed by atoms with Crippen molar-refractivity contribution in [2.45, 2.75) is 43.7 Å². The van der Waals surface area contributed by atoms with Crippen LogP contribution in [-0.2, 0) is 33.7 Å². The number of amides is 1. The van der Waals surface area contributed by atoms with E-state index in [1.54, 1.807) is 0 Å². The van der Waals surface area contributed by atoms with E-state index < -0.39 is 117 Å². The van der Waals surface area contributed by atoms with Crippen LogP contribution in [0, 0.1) is 34.6 Å². The molecule has 2 aliphatic rings. The summed E-state index contributed by atoms with van der Waals surface area (Å²) < 4.78 is 146. The predicted octanol–water partition coefficient (Wildman–Crippen LogP) is 7.02. The molecule has 3 heterocycles. The second-order valence-electron chi connectivity index (χ2n) is 14.9. The molecular formula is C40H30ClF8N9O4S. The summed E-state index contributed by atoms with van der Waals surface area (Å²) in [6.45, 7) is -1.08. The maximum absolute atomic E-state index is 15.5. The Morgan fingerprint density at radius 2 is 1.71 bits per heavy atom. The minimum atomic E-state index is -4.08. The largest absolute Gasteiger partial charge is 0.386 e. The van der Waals surface area contributed by atoms with E-state index in [0.717, 1.165) is 41.2 Å². The summed E-state index contributed by atoms with van der Waals surface area (Å²) in [7, 11) is -2.75. The molecule has 0 bridgehead atoms. The van der Waals surface area contributed by atoms with Crippen LogP contribution in [0.4, 0.5) is 40.8 Å². The number of carbonyl (C=O) groups is 1. The summed E-state index contributed by atoms with van der Waals surface area (Å²) >= 11 is 6.48. The van der Waals surface area contributed by atoms with Crippen LogP contribution in [0.1, 0.15) is 58.7 Å². The van der Waals surface area contributed by atoms with Crippen molar-refractivity contribution in [2.24, 2.45) is 5.92 Å². The van der Waals surface area contributed by atoms with Gasteiger partial charge >= 0.3 is 0 Å². The molecule has 23 heteroatoms. The predicted molar refractivity (Wildman–Crippen MR) is 213 cm³/mol. The Morgan fingerprint density at radius 3 is 2.38 bits per heavy atom. The highest BCUT2D eigenvalue weighted by Crippen LogP contribution is 2.68. The number of amidine groups is 1. The first kappa shape index (κ1) is 43.2. The van der Waals surface area contributed by atoms with Crippen molar-refractivity contribution < 1.29 is 48.3 Å². The zero-order valence-electron chi connectivity index (χ0n) is 32.4. The number of nitrogens with one attached hydrogen (secondary N) is 4. The van der Waals surface area contributed by atoms with Crippen LogP contribution < -0.4 is 20.9 Å².